The summed E-state index contributed by atoms with van der Waals surface area (Å²) in [6.45, 7) is 7.10. The van der Waals surface area contributed by atoms with Crippen LogP contribution in [-0.2, 0) is 16.6 Å². The van der Waals surface area contributed by atoms with Crippen molar-refractivity contribution in [2.24, 2.45) is 5.92 Å². The van der Waals surface area contributed by atoms with Crippen LogP contribution in [0.4, 0.5) is 0 Å². The number of aromatic nitrogens is 2. The highest BCUT2D eigenvalue weighted by Crippen LogP contribution is 2.17. The van der Waals surface area contributed by atoms with Crippen molar-refractivity contribution in [1.82, 2.24) is 14.1 Å². The van der Waals surface area contributed by atoms with E-state index in [1.807, 2.05) is 20.8 Å². The van der Waals surface area contributed by atoms with Gasteiger partial charge in [0.15, 0.2) is 0 Å². The zero-order valence-electron chi connectivity index (χ0n) is 11.8. The minimum Gasteiger partial charge on any atom is -0.394 e. The van der Waals surface area contributed by atoms with Crippen LogP contribution in [0.3, 0.4) is 0 Å². The Hall–Kier alpha value is -0.920. The Kier molecular flexibility index (Phi) is 5.96. The molecule has 6 nitrogen and oxygen atoms in total. The third-order valence-corrected chi connectivity index (χ3v) is 5.04. The first-order chi connectivity index (χ1) is 8.95. The van der Waals surface area contributed by atoms with E-state index in [9.17, 15) is 8.42 Å². The molecule has 0 saturated carbocycles. The molecule has 1 aromatic rings. The number of aliphatic hydroxyl groups is 1. The van der Waals surface area contributed by atoms with Gasteiger partial charge in [0.2, 0.25) is 10.0 Å². The van der Waals surface area contributed by atoms with Crippen LogP contribution in [0.2, 0.25) is 0 Å². The van der Waals surface area contributed by atoms with Crippen molar-refractivity contribution < 1.29 is 13.5 Å². The normalized spacial score (nSPS) is 13.9. The van der Waals surface area contributed by atoms with Crippen LogP contribution in [0.15, 0.2) is 17.3 Å². The molecule has 0 aliphatic carbocycles. The fraction of sp³-hybridized carbons (Fsp3) is 0.750. The second kappa shape index (κ2) is 7.02. The zero-order chi connectivity index (χ0) is 14.5. The molecule has 0 bridgehead atoms. The van der Waals surface area contributed by atoms with Gasteiger partial charge >= 0.3 is 0 Å². The quantitative estimate of drug-likeness (QED) is 0.772. The van der Waals surface area contributed by atoms with Gasteiger partial charge < -0.3 is 5.11 Å². The maximum Gasteiger partial charge on any atom is 0.246 e. The molecule has 7 heteroatoms. The Morgan fingerprint density at radius 3 is 2.68 bits per heavy atom. The Morgan fingerprint density at radius 1 is 1.47 bits per heavy atom. The lowest BCUT2D eigenvalue weighted by molar-refractivity contribution is 0.269. The van der Waals surface area contributed by atoms with Crippen LogP contribution in [0.1, 0.15) is 27.2 Å². The molecule has 1 rings (SSSR count). The molecule has 1 aromatic heterocycles. The van der Waals surface area contributed by atoms with E-state index in [0.717, 1.165) is 6.42 Å². The largest absolute Gasteiger partial charge is 0.394 e. The van der Waals surface area contributed by atoms with Gasteiger partial charge in [-0.05, 0) is 5.92 Å². The van der Waals surface area contributed by atoms with E-state index in [1.165, 1.54) is 21.4 Å². The van der Waals surface area contributed by atoms with Gasteiger partial charge in [0.05, 0.1) is 19.3 Å². The van der Waals surface area contributed by atoms with Gasteiger partial charge in [0.25, 0.3) is 0 Å². The average molecular weight is 289 g/mol. The fourth-order valence-corrected chi connectivity index (χ4v) is 3.25. The minimum absolute atomic E-state index is 0.0640. The van der Waals surface area contributed by atoms with Gasteiger partial charge in [-0.15, -0.1) is 0 Å². The summed E-state index contributed by atoms with van der Waals surface area (Å²) in [5.74, 6) is 0.321. The lowest BCUT2D eigenvalue weighted by Crippen LogP contribution is -2.34. The highest BCUT2D eigenvalue weighted by atomic mass is 32.2. The van der Waals surface area contributed by atoms with E-state index in [1.54, 1.807) is 0 Å². The van der Waals surface area contributed by atoms with Crippen molar-refractivity contribution >= 4 is 10.0 Å². The smallest absolute Gasteiger partial charge is 0.246 e. The first-order valence-corrected chi connectivity index (χ1v) is 8.03. The van der Waals surface area contributed by atoms with Crippen molar-refractivity contribution in [1.29, 1.82) is 0 Å². The van der Waals surface area contributed by atoms with Crippen molar-refractivity contribution in [3.8, 4) is 0 Å². The van der Waals surface area contributed by atoms with Crippen LogP contribution in [-0.4, -0.2) is 47.3 Å². The van der Waals surface area contributed by atoms with E-state index in [0.29, 0.717) is 25.6 Å². The molecule has 0 aromatic carbocycles. The molecular weight excluding hydrogens is 266 g/mol. The highest BCUT2D eigenvalue weighted by Gasteiger charge is 2.25. The van der Waals surface area contributed by atoms with Gasteiger partial charge in [-0.25, -0.2) is 8.42 Å². The van der Waals surface area contributed by atoms with E-state index in [4.69, 9.17) is 5.11 Å². The fourth-order valence-electron chi connectivity index (χ4n) is 1.73. The Labute approximate surface area is 115 Å². The van der Waals surface area contributed by atoms with Crippen molar-refractivity contribution in [2.45, 2.75) is 38.6 Å². The predicted molar refractivity (Wildman–Crippen MR) is 73.2 cm³/mol. The number of nitrogens with zero attached hydrogens (tertiary/aromatic N) is 3. The average Bonchev–Trinajstić information content (AvgIpc) is 2.85. The lowest BCUT2D eigenvalue weighted by Gasteiger charge is -2.22. The Morgan fingerprint density at radius 2 is 2.16 bits per heavy atom. The summed E-state index contributed by atoms with van der Waals surface area (Å²) in [6, 6.07) is 0. The first kappa shape index (κ1) is 16.1. The number of sulfonamides is 1. The van der Waals surface area contributed by atoms with Crippen molar-refractivity contribution in [3.63, 3.8) is 0 Å². The van der Waals surface area contributed by atoms with Crippen LogP contribution in [0, 0.1) is 5.92 Å². The second-order valence-electron chi connectivity index (χ2n) is 4.63. The molecule has 0 fully saturated rings. The van der Waals surface area contributed by atoms with Gasteiger partial charge in [-0.1, -0.05) is 27.2 Å². The third-order valence-electron chi connectivity index (χ3n) is 3.14. The molecular formula is C12H23N3O3S. The molecule has 19 heavy (non-hydrogen) atoms. The van der Waals surface area contributed by atoms with Crippen LogP contribution >= 0.6 is 0 Å². The maximum atomic E-state index is 12.4. The molecule has 110 valence electrons. The molecule has 0 amide bonds. The Balaban J connectivity index is 2.92. The molecule has 1 atom stereocenters. The molecule has 0 saturated heterocycles. The highest BCUT2D eigenvalue weighted by molar-refractivity contribution is 7.89. The lowest BCUT2D eigenvalue weighted by atomic mass is 10.1. The molecule has 0 spiro atoms. The summed E-state index contributed by atoms with van der Waals surface area (Å²) < 4.78 is 27.8. The number of aliphatic hydroxyl groups excluding tert-OH is 1. The monoisotopic (exact) mass is 289 g/mol. The number of rotatable bonds is 8. The standard InChI is InChI=1S/C12H23N3O3S/c1-4-11(3)9-15(5-2)19(17,18)12-8-13-14(10-12)6-7-16/h8,10-11,16H,4-7,9H2,1-3H3. The van der Waals surface area contributed by atoms with Gasteiger partial charge in [-0.3, -0.25) is 4.68 Å². The molecule has 0 aliphatic heterocycles. The van der Waals surface area contributed by atoms with E-state index in [2.05, 4.69) is 5.10 Å². The summed E-state index contributed by atoms with van der Waals surface area (Å²) >= 11 is 0. The third kappa shape index (κ3) is 4.02. The van der Waals surface area contributed by atoms with E-state index in [-0.39, 0.29) is 11.5 Å². The number of hydrogen-bond donors (Lipinski definition) is 1. The van der Waals surface area contributed by atoms with Gasteiger partial charge in [0, 0.05) is 19.3 Å². The Bertz CT molecular complexity index is 484. The first-order valence-electron chi connectivity index (χ1n) is 6.59. The molecule has 1 unspecified atom stereocenters. The summed E-state index contributed by atoms with van der Waals surface area (Å²) in [4.78, 5) is 0.186. The molecule has 0 radical (unpaired) electrons. The second-order valence-corrected chi connectivity index (χ2v) is 6.57. The van der Waals surface area contributed by atoms with Crippen molar-refractivity contribution in [3.05, 3.63) is 12.4 Å². The molecule has 0 aliphatic rings. The van der Waals surface area contributed by atoms with Crippen LogP contribution in [0.25, 0.3) is 0 Å². The molecule has 1 heterocycles. The summed E-state index contributed by atoms with van der Waals surface area (Å²) in [7, 11) is -3.49. The van der Waals surface area contributed by atoms with Crippen LogP contribution < -0.4 is 0 Å². The zero-order valence-corrected chi connectivity index (χ0v) is 12.6. The van der Waals surface area contributed by atoms with Crippen molar-refractivity contribution in [2.75, 3.05) is 19.7 Å². The summed E-state index contributed by atoms with van der Waals surface area (Å²) in [5.41, 5.74) is 0. The SMILES string of the molecule is CCC(C)CN(CC)S(=O)(=O)c1cnn(CCO)c1. The van der Waals surface area contributed by atoms with Crippen LogP contribution in [0.5, 0.6) is 0 Å². The summed E-state index contributed by atoms with van der Waals surface area (Å²) in [5, 5.41) is 12.8. The number of hydrogen-bond acceptors (Lipinski definition) is 4. The van der Waals surface area contributed by atoms with E-state index < -0.39 is 10.0 Å². The van der Waals surface area contributed by atoms with Gasteiger partial charge in [0.1, 0.15) is 4.90 Å². The van der Waals surface area contributed by atoms with E-state index >= 15 is 0 Å². The predicted octanol–water partition coefficient (Wildman–Crippen LogP) is 0.932. The van der Waals surface area contributed by atoms with Gasteiger partial charge in [-0.2, -0.15) is 9.40 Å². The summed E-state index contributed by atoms with van der Waals surface area (Å²) in [6.07, 6.45) is 3.74. The molecule has 1 N–H and O–H groups in total. The minimum atomic E-state index is -3.49. The topological polar surface area (TPSA) is 75.4 Å². The maximum absolute atomic E-state index is 12.4.